The summed E-state index contributed by atoms with van der Waals surface area (Å²) in [4.78, 5) is 21.2. The third-order valence-corrected chi connectivity index (χ3v) is 1.64. The number of carbonyl (C=O) groups excluding carboxylic acids is 2. The van der Waals surface area contributed by atoms with Gasteiger partial charge in [0.2, 0.25) is 5.91 Å². The molecule has 0 heterocycles. The number of hydrogen-bond acceptors (Lipinski definition) is 2. The van der Waals surface area contributed by atoms with Crippen LogP contribution in [0.25, 0.3) is 0 Å². The molecule has 1 rings (SSSR count). The number of anilines is 1. The highest BCUT2D eigenvalue weighted by molar-refractivity contribution is 5.95. The summed E-state index contributed by atoms with van der Waals surface area (Å²) in [5.74, 6) is -2.01. The monoisotopic (exact) mass is 214 g/mol. The number of rotatable bonds is 3. The number of primary amides is 1. The minimum atomic E-state index is -3.07. The minimum absolute atomic E-state index is 0.185. The lowest BCUT2D eigenvalue weighted by atomic mass is 10.2. The molecule has 0 saturated heterocycles. The van der Waals surface area contributed by atoms with Crippen LogP contribution in [0.2, 0.25) is 0 Å². The highest BCUT2D eigenvalue weighted by Crippen LogP contribution is 2.10. The lowest BCUT2D eigenvalue weighted by Crippen LogP contribution is -2.20. The zero-order valence-corrected chi connectivity index (χ0v) is 7.54. The molecule has 0 fully saturated rings. The van der Waals surface area contributed by atoms with E-state index in [1.807, 2.05) is 5.32 Å². The quantitative estimate of drug-likeness (QED) is 0.787. The molecule has 6 heteroatoms. The molecule has 0 aliphatic rings. The molecule has 0 spiro atoms. The van der Waals surface area contributed by atoms with E-state index < -0.39 is 18.2 Å². The average Bonchev–Trinajstić information content (AvgIpc) is 2.18. The van der Waals surface area contributed by atoms with Crippen LogP contribution in [0.15, 0.2) is 24.3 Å². The second-order valence-electron chi connectivity index (χ2n) is 2.73. The van der Waals surface area contributed by atoms with Crippen LogP contribution in [0.1, 0.15) is 10.4 Å². The third-order valence-electron chi connectivity index (χ3n) is 1.64. The first-order chi connectivity index (χ1) is 7.00. The number of nitrogens with one attached hydrogen (secondary N) is 1. The molecule has 0 saturated carbocycles. The van der Waals surface area contributed by atoms with Gasteiger partial charge in [-0.15, -0.1) is 0 Å². The van der Waals surface area contributed by atoms with E-state index in [9.17, 15) is 18.4 Å². The molecule has 0 bridgehead atoms. The molecule has 0 radical (unpaired) electrons. The van der Waals surface area contributed by atoms with E-state index in [0.29, 0.717) is 0 Å². The van der Waals surface area contributed by atoms with Crippen LogP contribution in [0, 0.1) is 0 Å². The van der Waals surface area contributed by atoms with Crippen LogP contribution in [0.5, 0.6) is 0 Å². The van der Waals surface area contributed by atoms with Gasteiger partial charge in [0.25, 0.3) is 5.91 Å². The highest BCUT2D eigenvalue weighted by Gasteiger charge is 2.14. The molecule has 80 valence electrons. The van der Waals surface area contributed by atoms with E-state index in [2.05, 4.69) is 0 Å². The van der Waals surface area contributed by atoms with Crippen molar-refractivity contribution in [2.24, 2.45) is 5.73 Å². The summed E-state index contributed by atoms with van der Waals surface area (Å²) in [7, 11) is 0. The summed E-state index contributed by atoms with van der Waals surface area (Å²) in [5, 5.41) is 1.97. The maximum absolute atomic E-state index is 11.8. The van der Waals surface area contributed by atoms with E-state index in [1.54, 1.807) is 0 Å². The van der Waals surface area contributed by atoms with Crippen molar-refractivity contribution in [2.45, 2.75) is 6.43 Å². The summed E-state index contributed by atoms with van der Waals surface area (Å²) >= 11 is 0. The van der Waals surface area contributed by atoms with Gasteiger partial charge in [-0.25, -0.2) is 0 Å². The lowest BCUT2D eigenvalue weighted by Gasteiger charge is -2.04. The van der Waals surface area contributed by atoms with Gasteiger partial charge in [-0.05, 0) is 24.3 Å². The molecule has 0 atom stereocenters. The molecule has 0 aliphatic carbocycles. The number of amides is 2. The molecule has 2 amide bonds. The predicted octanol–water partition coefficient (Wildman–Crippen LogP) is 0.989. The van der Waals surface area contributed by atoms with Gasteiger partial charge in [-0.1, -0.05) is 0 Å². The molecule has 4 nitrogen and oxygen atoms in total. The fourth-order valence-electron chi connectivity index (χ4n) is 0.915. The summed E-state index contributed by atoms with van der Waals surface area (Å²) in [6, 6.07) is 5.31. The van der Waals surface area contributed by atoms with Crippen LogP contribution in [-0.2, 0) is 4.79 Å². The Labute approximate surface area is 84.1 Å². The molecule has 0 aromatic heterocycles. The van der Waals surface area contributed by atoms with Gasteiger partial charge in [0.15, 0.2) is 0 Å². The molecule has 15 heavy (non-hydrogen) atoms. The van der Waals surface area contributed by atoms with Gasteiger partial charge in [0, 0.05) is 11.3 Å². The fraction of sp³-hybridized carbons (Fsp3) is 0.111. The third kappa shape index (κ3) is 3.01. The number of benzene rings is 1. The van der Waals surface area contributed by atoms with Crippen molar-refractivity contribution in [1.29, 1.82) is 0 Å². The SMILES string of the molecule is NC(=O)c1ccc(NC(=O)C(F)F)cc1. The van der Waals surface area contributed by atoms with Gasteiger partial charge in [-0.2, -0.15) is 8.78 Å². The zero-order chi connectivity index (χ0) is 11.4. The van der Waals surface area contributed by atoms with E-state index in [-0.39, 0.29) is 11.3 Å². The Morgan fingerprint density at radius 3 is 2.13 bits per heavy atom. The number of hydrogen-bond donors (Lipinski definition) is 2. The first-order valence-electron chi connectivity index (χ1n) is 3.99. The van der Waals surface area contributed by atoms with Crippen LogP contribution < -0.4 is 11.1 Å². The Morgan fingerprint density at radius 2 is 1.73 bits per heavy atom. The summed E-state index contributed by atoms with van der Waals surface area (Å²) in [6.07, 6.45) is -3.07. The van der Waals surface area contributed by atoms with Crippen molar-refractivity contribution >= 4 is 17.5 Å². The summed E-state index contributed by atoms with van der Waals surface area (Å²) < 4.78 is 23.7. The van der Waals surface area contributed by atoms with Crippen LogP contribution in [-0.4, -0.2) is 18.2 Å². The largest absolute Gasteiger partial charge is 0.366 e. The second kappa shape index (κ2) is 4.50. The first-order valence-corrected chi connectivity index (χ1v) is 3.99. The molecular weight excluding hydrogens is 206 g/mol. The number of alkyl halides is 2. The normalized spacial score (nSPS) is 10.1. The Kier molecular flexibility index (Phi) is 3.33. The highest BCUT2D eigenvalue weighted by atomic mass is 19.3. The van der Waals surface area contributed by atoms with Crippen molar-refractivity contribution in [2.75, 3.05) is 5.32 Å². The number of carbonyl (C=O) groups is 2. The first kappa shape index (κ1) is 11.1. The Morgan fingerprint density at radius 1 is 1.20 bits per heavy atom. The van der Waals surface area contributed by atoms with E-state index >= 15 is 0 Å². The Hall–Kier alpha value is -1.98. The van der Waals surface area contributed by atoms with E-state index in [1.165, 1.54) is 24.3 Å². The Balaban J connectivity index is 2.73. The molecule has 1 aromatic rings. The van der Waals surface area contributed by atoms with Gasteiger partial charge >= 0.3 is 6.43 Å². The van der Waals surface area contributed by atoms with Crippen molar-refractivity contribution in [3.8, 4) is 0 Å². The van der Waals surface area contributed by atoms with Crippen molar-refractivity contribution < 1.29 is 18.4 Å². The van der Waals surface area contributed by atoms with Crippen molar-refractivity contribution in [3.05, 3.63) is 29.8 Å². The molecule has 0 unspecified atom stereocenters. The van der Waals surface area contributed by atoms with E-state index in [4.69, 9.17) is 5.73 Å². The zero-order valence-electron chi connectivity index (χ0n) is 7.54. The predicted molar refractivity (Wildman–Crippen MR) is 49.6 cm³/mol. The van der Waals surface area contributed by atoms with Crippen molar-refractivity contribution in [3.63, 3.8) is 0 Å². The molecule has 0 aliphatic heterocycles. The smallest absolute Gasteiger partial charge is 0.315 e. The Bertz CT molecular complexity index is 376. The summed E-state index contributed by atoms with van der Waals surface area (Å²) in [6.45, 7) is 0. The molecule has 3 N–H and O–H groups in total. The molecule has 1 aromatic carbocycles. The standard InChI is InChI=1S/C9H8F2N2O2/c10-7(11)9(15)13-6-3-1-5(2-4-6)8(12)14/h1-4,7H,(H2,12,14)(H,13,15). The average molecular weight is 214 g/mol. The lowest BCUT2D eigenvalue weighted by molar-refractivity contribution is -0.126. The van der Waals surface area contributed by atoms with Gasteiger partial charge < -0.3 is 11.1 Å². The number of nitrogens with two attached hydrogens (primary N) is 1. The molecular formula is C9H8F2N2O2. The van der Waals surface area contributed by atoms with Crippen molar-refractivity contribution in [1.82, 2.24) is 0 Å². The maximum Gasteiger partial charge on any atom is 0.315 e. The van der Waals surface area contributed by atoms with Crippen LogP contribution >= 0.6 is 0 Å². The van der Waals surface area contributed by atoms with E-state index in [0.717, 1.165) is 0 Å². The van der Waals surface area contributed by atoms with Crippen LogP contribution in [0.4, 0.5) is 14.5 Å². The second-order valence-corrected chi connectivity index (χ2v) is 2.73. The number of halogens is 2. The topological polar surface area (TPSA) is 72.2 Å². The van der Waals surface area contributed by atoms with Gasteiger partial charge in [0.05, 0.1) is 0 Å². The minimum Gasteiger partial charge on any atom is -0.366 e. The maximum atomic E-state index is 11.8. The van der Waals surface area contributed by atoms with Gasteiger partial charge in [-0.3, -0.25) is 9.59 Å². The van der Waals surface area contributed by atoms with Gasteiger partial charge in [0.1, 0.15) is 0 Å². The summed E-state index contributed by atoms with van der Waals surface area (Å²) in [5.41, 5.74) is 5.39. The van der Waals surface area contributed by atoms with Crippen LogP contribution in [0.3, 0.4) is 0 Å². The fourth-order valence-corrected chi connectivity index (χ4v) is 0.915.